The molecule has 0 aliphatic heterocycles. The van der Waals surface area contributed by atoms with Gasteiger partial charge in [0.2, 0.25) is 15.9 Å². The Bertz CT molecular complexity index is 875. The van der Waals surface area contributed by atoms with Gasteiger partial charge in [0, 0.05) is 5.69 Å². The predicted octanol–water partition coefficient (Wildman–Crippen LogP) is 2.13. The third-order valence-electron chi connectivity index (χ3n) is 3.85. The highest BCUT2D eigenvalue weighted by molar-refractivity contribution is 7.88. The van der Waals surface area contributed by atoms with Gasteiger partial charge in [-0.05, 0) is 47.7 Å². The van der Waals surface area contributed by atoms with Crippen LogP contribution in [0.4, 0.5) is 5.69 Å². The molecule has 0 unspecified atom stereocenters. The zero-order chi connectivity index (χ0) is 16.6. The summed E-state index contributed by atoms with van der Waals surface area (Å²) in [6.07, 6.45) is 1.87. The lowest BCUT2D eigenvalue weighted by Crippen LogP contribution is -2.41. The Morgan fingerprint density at radius 1 is 1.09 bits per heavy atom. The van der Waals surface area contributed by atoms with E-state index >= 15 is 0 Å². The first-order valence-electron chi connectivity index (χ1n) is 7.33. The van der Waals surface area contributed by atoms with Crippen molar-refractivity contribution in [3.8, 4) is 11.1 Å². The summed E-state index contributed by atoms with van der Waals surface area (Å²) in [7, 11) is -3.42. The number of rotatable bonds is 4. The molecular weight excluding hydrogens is 312 g/mol. The number of carbonyl (C=O) groups is 1. The van der Waals surface area contributed by atoms with Gasteiger partial charge in [0.05, 0.1) is 12.3 Å². The molecule has 6 heteroatoms. The summed E-state index contributed by atoms with van der Waals surface area (Å²) in [5, 5.41) is 2.75. The van der Waals surface area contributed by atoms with Crippen LogP contribution < -0.4 is 10.0 Å². The Balaban J connectivity index is 1.77. The van der Waals surface area contributed by atoms with Gasteiger partial charge in [0.1, 0.15) is 0 Å². The van der Waals surface area contributed by atoms with E-state index in [1.54, 1.807) is 0 Å². The second kappa shape index (κ2) is 5.79. The fourth-order valence-corrected chi connectivity index (χ4v) is 3.60. The fraction of sp³-hybridized carbons (Fsp3) is 0.235. The van der Waals surface area contributed by atoms with E-state index in [1.807, 2.05) is 30.3 Å². The standard InChI is InChI=1S/C17H18N2O3S/c1-11(19-23(2,21)22)17(20)18-14-7-8-16-13(10-14)9-12-5-3-4-6-15(12)16/h3-8,10-11,19H,9H2,1-2H3,(H,18,20)/t11-/m1/s1. The van der Waals surface area contributed by atoms with Crippen LogP contribution in [0, 0.1) is 0 Å². The molecule has 1 atom stereocenters. The summed E-state index contributed by atoms with van der Waals surface area (Å²) < 4.78 is 24.6. The molecule has 1 aliphatic rings. The van der Waals surface area contributed by atoms with Crippen molar-refractivity contribution in [1.29, 1.82) is 0 Å². The van der Waals surface area contributed by atoms with Crippen LogP contribution in [0.5, 0.6) is 0 Å². The molecule has 3 rings (SSSR count). The van der Waals surface area contributed by atoms with E-state index in [0.29, 0.717) is 5.69 Å². The van der Waals surface area contributed by atoms with Crippen LogP contribution in [-0.2, 0) is 21.2 Å². The molecule has 2 aromatic carbocycles. The lowest BCUT2D eigenvalue weighted by Gasteiger charge is -2.13. The molecule has 0 bridgehead atoms. The van der Waals surface area contributed by atoms with Crippen molar-refractivity contribution < 1.29 is 13.2 Å². The van der Waals surface area contributed by atoms with Crippen LogP contribution in [0.2, 0.25) is 0 Å². The summed E-state index contributed by atoms with van der Waals surface area (Å²) in [5.41, 5.74) is 5.52. The minimum atomic E-state index is -3.42. The van der Waals surface area contributed by atoms with Crippen LogP contribution in [0.25, 0.3) is 11.1 Å². The molecule has 0 spiro atoms. The second-order valence-electron chi connectivity index (χ2n) is 5.81. The van der Waals surface area contributed by atoms with Gasteiger partial charge in [-0.2, -0.15) is 0 Å². The molecule has 0 aromatic heterocycles. The largest absolute Gasteiger partial charge is 0.325 e. The summed E-state index contributed by atoms with van der Waals surface area (Å²) in [6.45, 7) is 1.51. The summed E-state index contributed by atoms with van der Waals surface area (Å²) >= 11 is 0. The average Bonchev–Trinajstić information content (AvgIpc) is 2.83. The molecule has 2 aromatic rings. The van der Waals surface area contributed by atoms with Crippen molar-refractivity contribution in [2.75, 3.05) is 11.6 Å². The Labute approximate surface area is 135 Å². The van der Waals surface area contributed by atoms with Crippen LogP contribution in [-0.4, -0.2) is 26.6 Å². The molecule has 1 aliphatic carbocycles. The van der Waals surface area contributed by atoms with Gasteiger partial charge < -0.3 is 5.32 Å². The monoisotopic (exact) mass is 330 g/mol. The second-order valence-corrected chi connectivity index (χ2v) is 7.59. The number of benzene rings is 2. The topological polar surface area (TPSA) is 75.3 Å². The first-order chi connectivity index (χ1) is 10.8. The van der Waals surface area contributed by atoms with Crippen molar-refractivity contribution in [2.24, 2.45) is 0 Å². The van der Waals surface area contributed by atoms with Crippen LogP contribution >= 0.6 is 0 Å². The lowest BCUT2D eigenvalue weighted by atomic mass is 10.1. The number of carbonyl (C=O) groups excluding carboxylic acids is 1. The molecule has 1 amide bonds. The predicted molar refractivity (Wildman–Crippen MR) is 90.8 cm³/mol. The fourth-order valence-electron chi connectivity index (χ4n) is 2.85. The Kier molecular flexibility index (Phi) is 3.95. The third kappa shape index (κ3) is 3.43. The van der Waals surface area contributed by atoms with Crippen molar-refractivity contribution in [3.63, 3.8) is 0 Å². The molecule has 120 valence electrons. The van der Waals surface area contributed by atoms with Gasteiger partial charge in [0.15, 0.2) is 0 Å². The Morgan fingerprint density at radius 3 is 2.52 bits per heavy atom. The molecule has 0 saturated heterocycles. The van der Waals surface area contributed by atoms with Gasteiger partial charge in [-0.15, -0.1) is 0 Å². The Hall–Kier alpha value is -2.18. The molecule has 2 N–H and O–H groups in total. The van der Waals surface area contributed by atoms with Gasteiger partial charge in [-0.3, -0.25) is 4.79 Å². The van der Waals surface area contributed by atoms with Crippen molar-refractivity contribution >= 4 is 21.6 Å². The van der Waals surface area contributed by atoms with Gasteiger partial charge in [-0.25, -0.2) is 13.1 Å². The third-order valence-corrected chi connectivity index (χ3v) is 4.63. The quantitative estimate of drug-likeness (QED) is 0.769. The Morgan fingerprint density at radius 2 is 1.78 bits per heavy atom. The van der Waals surface area contributed by atoms with E-state index < -0.39 is 16.1 Å². The highest BCUT2D eigenvalue weighted by atomic mass is 32.2. The van der Waals surface area contributed by atoms with E-state index in [0.717, 1.165) is 18.2 Å². The molecule has 0 radical (unpaired) electrons. The number of hydrogen-bond donors (Lipinski definition) is 2. The zero-order valence-electron chi connectivity index (χ0n) is 13.0. The molecule has 0 heterocycles. The maximum atomic E-state index is 12.1. The molecule has 23 heavy (non-hydrogen) atoms. The van der Waals surface area contributed by atoms with E-state index in [-0.39, 0.29) is 5.91 Å². The number of sulfonamides is 1. The summed E-state index contributed by atoms with van der Waals surface area (Å²) in [4.78, 5) is 12.1. The number of nitrogens with one attached hydrogen (secondary N) is 2. The zero-order valence-corrected chi connectivity index (χ0v) is 13.8. The van der Waals surface area contributed by atoms with Crippen molar-refractivity contribution in [3.05, 3.63) is 53.6 Å². The smallest absolute Gasteiger partial charge is 0.242 e. The van der Waals surface area contributed by atoms with Crippen LogP contribution in [0.15, 0.2) is 42.5 Å². The minimum Gasteiger partial charge on any atom is -0.325 e. The van der Waals surface area contributed by atoms with Gasteiger partial charge in [-0.1, -0.05) is 30.3 Å². The van der Waals surface area contributed by atoms with Gasteiger partial charge in [0.25, 0.3) is 0 Å². The highest BCUT2D eigenvalue weighted by Gasteiger charge is 2.20. The molecule has 5 nitrogen and oxygen atoms in total. The van der Waals surface area contributed by atoms with Crippen molar-refractivity contribution in [2.45, 2.75) is 19.4 Å². The first kappa shape index (κ1) is 15.7. The van der Waals surface area contributed by atoms with E-state index in [2.05, 4.69) is 22.2 Å². The number of hydrogen-bond acceptors (Lipinski definition) is 3. The number of fused-ring (bicyclic) bond motifs is 3. The molecule has 0 fully saturated rings. The first-order valence-corrected chi connectivity index (χ1v) is 9.22. The summed E-state index contributed by atoms with van der Waals surface area (Å²) in [6, 6.07) is 13.2. The number of anilines is 1. The normalized spacial score (nSPS) is 14.0. The average molecular weight is 330 g/mol. The van der Waals surface area contributed by atoms with E-state index in [1.165, 1.54) is 23.6 Å². The highest BCUT2D eigenvalue weighted by Crippen LogP contribution is 2.37. The minimum absolute atomic E-state index is 0.383. The van der Waals surface area contributed by atoms with Crippen LogP contribution in [0.3, 0.4) is 0 Å². The van der Waals surface area contributed by atoms with E-state index in [9.17, 15) is 13.2 Å². The maximum absolute atomic E-state index is 12.1. The van der Waals surface area contributed by atoms with Crippen LogP contribution in [0.1, 0.15) is 18.1 Å². The maximum Gasteiger partial charge on any atom is 0.242 e. The van der Waals surface area contributed by atoms with Gasteiger partial charge >= 0.3 is 0 Å². The van der Waals surface area contributed by atoms with E-state index in [4.69, 9.17) is 0 Å². The summed E-state index contributed by atoms with van der Waals surface area (Å²) in [5.74, 6) is -0.383. The lowest BCUT2D eigenvalue weighted by molar-refractivity contribution is -0.117. The molecule has 0 saturated carbocycles. The molecular formula is C17H18N2O3S. The van der Waals surface area contributed by atoms with Crippen molar-refractivity contribution in [1.82, 2.24) is 4.72 Å². The SMILES string of the molecule is C[C@@H](NS(C)(=O)=O)C(=O)Nc1ccc2c(c1)Cc1ccccc1-2. The number of amides is 1.